The molecule has 29 heavy (non-hydrogen) atoms. The summed E-state index contributed by atoms with van der Waals surface area (Å²) in [6, 6.07) is 6.33. The van der Waals surface area contributed by atoms with Crippen LogP contribution >= 0.6 is 11.8 Å². The van der Waals surface area contributed by atoms with Crippen molar-refractivity contribution in [2.75, 3.05) is 27.1 Å². The lowest BCUT2D eigenvalue weighted by atomic mass is 9.86. The van der Waals surface area contributed by atoms with E-state index in [9.17, 15) is 5.26 Å². The van der Waals surface area contributed by atoms with Crippen LogP contribution in [0.2, 0.25) is 0 Å². The molecule has 0 N–H and O–H groups in total. The number of hydrogen-bond donors (Lipinski definition) is 0. The van der Waals surface area contributed by atoms with Crippen molar-refractivity contribution in [2.24, 2.45) is 5.92 Å². The van der Waals surface area contributed by atoms with Crippen molar-refractivity contribution in [2.45, 2.75) is 44.6 Å². The Morgan fingerprint density at radius 3 is 2.17 bits per heavy atom. The fraction of sp³-hybridized carbons (Fsp3) is 0.478. The fourth-order valence-electron chi connectivity index (χ4n) is 3.72. The molecule has 0 aliphatic heterocycles. The van der Waals surface area contributed by atoms with Gasteiger partial charge in [0.05, 0.1) is 32.6 Å². The molecule has 0 spiro atoms. The summed E-state index contributed by atoms with van der Waals surface area (Å²) in [5.74, 6) is 3.22. The zero-order chi connectivity index (χ0) is 21.0. The van der Waals surface area contributed by atoms with Crippen LogP contribution in [0, 0.1) is 17.2 Å². The summed E-state index contributed by atoms with van der Waals surface area (Å²) < 4.78 is 16.6. The lowest BCUT2D eigenvalue weighted by Gasteiger charge is -2.23. The maximum atomic E-state index is 9.87. The van der Waals surface area contributed by atoms with Crippen LogP contribution in [0.4, 0.5) is 0 Å². The van der Waals surface area contributed by atoms with Crippen molar-refractivity contribution >= 4 is 11.8 Å². The van der Waals surface area contributed by atoms with Crippen LogP contribution in [-0.2, 0) is 12.8 Å². The molecule has 0 atom stereocenters. The summed E-state index contributed by atoms with van der Waals surface area (Å²) in [6.45, 7) is 4.36. The van der Waals surface area contributed by atoms with Crippen LogP contribution in [0.1, 0.15) is 43.4 Å². The monoisotopic (exact) mass is 412 g/mol. The molecule has 6 heteroatoms. The summed E-state index contributed by atoms with van der Waals surface area (Å²) in [7, 11) is 4.84. The second-order valence-corrected chi connectivity index (χ2v) is 8.54. The van der Waals surface area contributed by atoms with Crippen LogP contribution in [0.5, 0.6) is 17.2 Å². The minimum atomic E-state index is 0.522. The van der Waals surface area contributed by atoms with Crippen molar-refractivity contribution in [1.29, 1.82) is 5.26 Å². The predicted octanol–water partition coefficient (Wildman–Crippen LogP) is 5.27. The molecule has 0 unspecified atom stereocenters. The summed E-state index contributed by atoms with van der Waals surface area (Å²) in [4.78, 5) is 4.99. The Bertz CT molecular complexity index is 910. The first-order valence-corrected chi connectivity index (χ1v) is 10.9. The first kappa shape index (κ1) is 21.3. The maximum absolute atomic E-state index is 9.87. The van der Waals surface area contributed by atoms with Crippen molar-refractivity contribution in [1.82, 2.24) is 4.98 Å². The van der Waals surface area contributed by atoms with Crippen LogP contribution in [0.15, 0.2) is 17.2 Å². The Hall–Kier alpha value is -2.39. The average molecular weight is 413 g/mol. The first-order valence-electron chi connectivity index (χ1n) is 9.93. The molecule has 0 amide bonds. The number of nitrogens with zero attached hydrogens (tertiary/aromatic N) is 2. The highest BCUT2D eigenvalue weighted by Gasteiger charge is 2.25. The molecule has 2 aromatic rings. The average Bonchev–Trinajstić information content (AvgIpc) is 2.75. The highest BCUT2D eigenvalue weighted by Crippen LogP contribution is 2.43. The van der Waals surface area contributed by atoms with Gasteiger partial charge in [0.25, 0.3) is 0 Å². The van der Waals surface area contributed by atoms with Gasteiger partial charge in [-0.2, -0.15) is 5.26 Å². The molecule has 0 saturated carbocycles. The molecule has 1 aromatic carbocycles. The quantitative estimate of drug-likeness (QED) is 0.577. The largest absolute Gasteiger partial charge is 0.493 e. The second kappa shape index (κ2) is 9.41. The zero-order valence-corrected chi connectivity index (χ0v) is 18.6. The number of aromatic nitrogens is 1. The van der Waals surface area contributed by atoms with E-state index < -0.39 is 0 Å². The zero-order valence-electron chi connectivity index (χ0n) is 17.8. The Morgan fingerprint density at radius 1 is 1.03 bits per heavy atom. The second-order valence-electron chi connectivity index (χ2n) is 7.54. The number of rotatable bonds is 7. The van der Waals surface area contributed by atoms with Gasteiger partial charge >= 0.3 is 0 Å². The molecular weight excluding hydrogens is 384 g/mol. The highest BCUT2D eigenvalue weighted by molar-refractivity contribution is 7.99. The van der Waals surface area contributed by atoms with E-state index in [-0.39, 0.29) is 0 Å². The van der Waals surface area contributed by atoms with Crippen molar-refractivity contribution in [3.63, 3.8) is 0 Å². The number of thioether (sulfide) groups is 1. The molecule has 154 valence electrons. The molecular formula is C23H28N2O3S. The molecule has 1 heterocycles. The molecule has 0 fully saturated rings. The summed E-state index contributed by atoms with van der Waals surface area (Å²) in [6.07, 6.45) is 4.07. The van der Waals surface area contributed by atoms with Crippen LogP contribution in [0.3, 0.4) is 0 Å². The van der Waals surface area contributed by atoms with Crippen molar-refractivity contribution in [3.8, 4) is 34.6 Å². The van der Waals surface area contributed by atoms with E-state index in [1.807, 2.05) is 12.1 Å². The van der Waals surface area contributed by atoms with E-state index >= 15 is 0 Å². The van der Waals surface area contributed by atoms with Crippen LogP contribution in [-0.4, -0.2) is 32.1 Å². The number of nitriles is 1. The third-order valence-corrected chi connectivity index (χ3v) is 6.49. The van der Waals surface area contributed by atoms with Crippen LogP contribution < -0.4 is 14.2 Å². The standard InChI is InChI=1S/C23H28N2O3S/c1-14(2)13-29-23-18(12-24)16-8-6-7-9-17(16)21(25-23)15-10-19(26-3)22(28-5)20(11-15)27-4/h10-11,14H,6-9,13H2,1-5H3. The molecule has 1 aliphatic rings. The Kier molecular flexibility index (Phi) is 6.92. The number of fused-ring (bicyclic) bond motifs is 1. The topological polar surface area (TPSA) is 64.4 Å². The normalized spacial score (nSPS) is 13.0. The third kappa shape index (κ3) is 4.30. The Morgan fingerprint density at radius 2 is 1.66 bits per heavy atom. The third-order valence-electron chi connectivity index (χ3n) is 5.09. The molecule has 1 aromatic heterocycles. The van der Waals surface area contributed by atoms with E-state index in [1.165, 1.54) is 5.56 Å². The molecule has 1 aliphatic carbocycles. The lowest BCUT2D eigenvalue weighted by Crippen LogP contribution is -2.11. The van der Waals surface area contributed by atoms with Crippen molar-refractivity contribution < 1.29 is 14.2 Å². The van der Waals surface area contributed by atoms with Gasteiger partial charge in [-0.05, 0) is 54.9 Å². The van der Waals surface area contributed by atoms with Gasteiger partial charge in [0.15, 0.2) is 11.5 Å². The highest BCUT2D eigenvalue weighted by atomic mass is 32.2. The van der Waals surface area contributed by atoms with Gasteiger partial charge in [-0.1, -0.05) is 13.8 Å². The lowest BCUT2D eigenvalue weighted by molar-refractivity contribution is 0.324. The van der Waals surface area contributed by atoms with Crippen LogP contribution in [0.25, 0.3) is 11.3 Å². The maximum Gasteiger partial charge on any atom is 0.203 e. The Labute approximate surface area is 177 Å². The number of ether oxygens (including phenoxy) is 3. The van der Waals surface area contributed by atoms with Gasteiger partial charge in [-0.3, -0.25) is 0 Å². The molecule has 0 radical (unpaired) electrons. The first-order chi connectivity index (χ1) is 14.0. The van der Waals surface area contributed by atoms with Gasteiger partial charge in [0.1, 0.15) is 11.1 Å². The van der Waals surface area contributed by atoms with Gasteiger partial charge < -0.3 is 14.2 Å². The molecule has 5 nitrogen and oxygen atoms in total. The smallest absolute Gasteiger partial charge is 0.203 e. The van der Waals surface area contributed by atoms with E-state index in [0.29, 0.717) is 23.2 Å². The van der Waals surface area contributed by atoms with E-state index in [1.54, 1.807) is 33.1 Å². The molecule has 0 bridgehead atoms. The van der Waals surface area contributed by atoms with E-state index in [2.05, 4.69) is 19.9 Å². The Balaban J connectivity index is 2.23. The van der Waals surface area contributed by atoms with E-state index in [4.69, 9.17) is 19.2 Å². The molecule has 0 saturated heterocycles. The number of benzene rings is 1. The summed E-state index contributed by atoms with van der Waals surface area (Å²) in [5, 5.41) is 10.7. The number of methoxy groups -OCH3 is 3. The van der Waals surface area contributed by atoms with Gasteiger partial charge in [0.2, 0.25) is 5.75 Å². The van der Waals surface area contributed by atoms with Crippen molar-refractivity contribution in [3.05, 3.63) is 28.8 Å². The summed E-state index contributed by atoms with van der Waals surface area (Å²) in [5.41, 5.74) is 4.93. The number of pyridine rings is 1. The predicted molar refractivity (Wildman–Crippen MR) is 116 cm³/mol. The van der Waals surface area contributed by atoms with Gasteiger partial charge in [-0.25, -0.2) is 4.98 Å². The fourth-order valence-corrected chi connectivity index (χ4v) is 4.68. The number of hydrogen-bond acceptors (Lipinski definition) is 6. The van der Waals surface area contributed by atoms with Gasteiger partial charge in [-0.15, -0.1) is 11.8 Å². The van der Waals surface area contributed by atoms with E-state index in [0.717, 1.165) is 58.8 Å². The van der Waals surface area contributed by atoms with Gasteiger partial charge in [0, 0.05) is 11.3 Å². The molecule has 3 rings (SSSR count). The SMILES string of the molecule is COc1cc(-c2nc(SCC(C)C)c(C#N)c3c2CCCC3)cc(OC)c1OC. The summed E-state index contributed by atoms with van der Waals surface area (Å²) >= 11 is 1.67. The minimum absolute atomic E-state index is 0.522. The minimum Gasteiger partial charge on any atom is -0.493 e.